The molecule has 0 saturated carbocycles. The fourth-order valence-electron chi connectivity index (χ4n) is 1.25. The van der Waals surface area contributed by atoms with Crippen molar-refractivity contribution in [1.82, 2.24) is 0 Å². The van der Waals surface area contributed by atoms with Gasteiger partial charge in [0, 0.05) is 12.5 Å². The zero-order chi connectivity index (χ0) is 10.8. The minimum absolute atomic E-state index is 0.0848. The Hall–Kier alpha value is -0.910. The molecule has 0 aromatic heterocycles. The largest absolute Gasteiger partial charge is 0.396 e. The monoisotopic (exact) mass is 215 g/mol. The Morgan fingerprint density at radius 2 is 2.00 bits per heavy atom. The minimum Gasteiger partial charge on any atom is -0.396 e. The number of benzene rings is 1. The van der Waals surface area contributed by atoms with Crippen molar-refractivity contribution in [3.05, 3.63) is 29.8 Å². The first-order valence-electron chi connectivity index (χ1n) is 4.19. The molecule has 1 aromatic rings. The smallest absolute Gasteiger partial charge is 0.238 e. The van der Waals surface area contributed by atoms with Crippen LogP contribution in [0, 0.1) is 0 Å². The summed E-state index contributed by atoms with van der Waals surface area (Å²) in [5, 5.41) is 14.0. The van der Waals surface area contributed by atoms with Gasteiger partial charge in [-0.1, -0.05) is 25.1 Å². The molecule has 0 aliphatic rings. The van der Waals surface area contributed by atoms with E-state index in [0.717, 1.165) is 0 Å². The Morgan fingerprint density at radius 3 is 2.50 bits per heavy atom. The maximum Gasteiger partial charge on any atom is 0.238 e. The number of nitrogens with two attached hydrogens (primary N) is 1. The Morgan fingerprint density at radius 1 is 1.43 bits per heavy atom. The lowest BCUT2D eigenvalue weighted by Crippen LogP contribution is -2.16. The van der Waals surface area contributed by atoms with Crippen molar-refractivity contribution in [2.24, 2.45) is 5.14 Å². The van der Waals surface area contributed by atoms with Crippen LogP contribution in [0.3, 0.4) is 0 Å². The van der Waals surface area contributed by atoms with Crippen LogP contribution in [-0.4, -0.2) is 20.1 Å². The molecule has 0 aliphatic carbocycles. The number of primary sulfonamides is 1. The number of rotatable bonds is 3. The lowest BCUT2D eigenvalue weighted by atomic mass is 10.0. The highest BCUT2D eigenvalue weighted by atomic mass is 32.2. The van der Waals surface area contributed by atoms with Gasteiger partial charge >= 0.3 is 0 Å². The highest BCUT2D eigenvalue weighted by Crippen LogP contribution is 2.22. The van der Waals surface area contributed by atoms with Gasteiger partial charge in [-0.3, -0.25) is 0 Å². The molecule has 0 unspecified atom stereocenters. The second kappa shape index (κ2) is 4.08. The van der Waals surface area contributed by atoms with E-state index < -0.39 is 10.0 Å². The van der Waals surface area contributed by atoms with Gasteiger partial charge in [0.15, 0.2) is 0 Å². The van der Waals surface area contributed by atoms with Crippen molar-refractivity contribution in [2.45, 2.75) is 17.7 Å². The first-order valence-corrected chi connectivity index (χ1v) is 5.74. The molecule has 0 radical (unpaired) electrons. The molecule has 0 spiro atoms. The summed E-state index contributed by atoms with van der Waals surface area (Å²) >= 11 is 0. The van der Waals surface area contributed by atoms with Crippen LogP contribution in [0.25, 0.3) is 0 Å². The van der Waals surface area contributed by atoms with Gasteiger partial charge in [-0.05, 0) is 11.6 Å². The summed E-state index contributed by atoms with van der Waals surface area (Å²) in [6, 6.07) is 6.42. The highest BCUT2D eigenvalue weighted by molar-refractivity contribution is 7.89. The van der Waals surface area contributed by atoms with E-state index >= 15 is 0 Å². The number of aliphatic hydroxyl groups is 1. The first kappa shape index (κ1) is 11.2. The van der Waals surface area contributed by atoms with E-state index in [1.807, 2.05) is 0 Å². The number of aliphatic hydroxyl groups excluding tert-OH is 1. The summed E-state index contributed by atoms with van der Waals surface area (Å²) in [4.78, 5) is 0.0848. The molecule has 78 valence electrons. The van der Waals surface area contributed by atoms with Gasteiger partial charge < -0.3 is 5.11 Å². The second-order valence-corrected chi connectivity index (χ2v) is 4.70. The fraction of sp³-hybridized carbons (Fsp3) is 0.333. The summed E-state index contributed by atoms with van der Waals surface area (Å²) in [5.41, 5.74) is 0.553. The molecule has 4 nitrogen and oxygen atoms in total. The van der Waals surface area contributed by atoms with Crippen LogP contribution in [0.15, 0.2) is 29.2 Å². The van der Waals surface area contributed by atoms with Crippen molar-refractivity contribution in [2.75, 3.05) is 6.61 Å². The summed E-state index contributed by atoms with van der Waals surface area (Å²) in [6.45, 7) is 1.64. The lowest BCUT2D eigenvalue weighted by molar-refractivity contribution is 0.272. The van der Waals surface area contributed by atoms with E-state index in [1.165, 1.54) is 6.07 Å². The SMILES string of the molecule is C[C@@H](CO)c1ccccc1S(N)(=O)=O. The molecule has 0 aliphatic heterocycles. The molecule has 0 bridgehead atoms. The molecular weight excluding hydrogens is 202 g/mol. The van der Waals surface area contributed by atoms with Gasteiger partial charge in [0.2, 0.25) is 10.0 Å². The maximum absolute atomic E-state index is 11.2. The average molecular weight is 215 g/mol. The Kier molecular flexibility index (Phi) is 3.25. The summed E-state index contributed by atoms with van der Waals surface area (Å²) in [5.74, 6) is -0.232. The second-order valence-electron chi connectivity index (χ2n) is 3.17. The Balaban J connectivity index is 3.30. The van der Waals surface area contributed by atoms with Gasteiger partial charge in [0.1, 0.15) is 0 Å². The van der Waals surface area contributed by atoms with E-state index in [9.17, 15) is 8.42 Å². The topological polar surface area (TPSA) is 80.4 Å². The number of hydrogen-bond acceptors (Lipinski definition) is 3. The fourth-order valence-corrected chi connectivity index (χ4v) is 2.11. The van der Waals surface area contributed by atoms with Crippen LogP contribution in [0.5, 0.6) is 0 Å². The summed E-state index contributed by atoms with van der Waals surface area (Å²) < 4.78 is 22.3. The van der Waals surface area contributed by atoms with Gasteiger partial charge in [-0.25, -0.2) is 13.6 Å². The van der Waals surface area contributed by atoms with Crippen LogP contribution in [0.2, 0.25) is 0 Å². The Labute approximate surface area is 83.4 Å². The van der Waals surface area contributed by atoms with Crippen LogP contribution >= 0.6 is 0 Å². The van der Waals surface area contributed by atoms with Gasteiger partial charge in [-0.15, -0.1) is 0 Å². The zero-order valence-electron chi connectivity index (χ0n) is 7.84. The number of sulfonamides is 1. The van der Waals surface area contributed by atoms with E-state index in [-0.39, 0.29) is 17.4 Å². The summed E-state index contributed by atoms with van der Waals surface area (Å²) in [7, 11) is -3.70. The standard InChI is InChI=1S/C9H13NO3S/c1-7(6-11)8-4-2-3-5-9(8)14(10,12)13/h2-5,7,11H,6H2,1H3,(H2,10,12,13)/t7-/m0/s1. The predicted octanol–water partition coefficient (Wildman–Crippen LogP) is 0.430. The molecule has 14 heavy (non-hydrogen) atoms. The zero-order valence-corrected chi connectivity index (χ0v) is 8.66. The van der Waals surface area contributed by atoms with Crippen LogP contribution < -0.4 is 5.14 Å². The number of hydrogen-bond donors (Lipinski definition) is 2. The van der Waals surface area contributed by atoms with Gasteiger partial charge in [0.25, 0.3) is 0 Å². The minimum atomic E-state index is -3.70. The summed E-state index contributed by atoms with van der Waals surface area (Å²) in [6.07, 6.45) is 0. The van der Waals surface area contributed by atoms with Crippen LogP contribution in [0.1, 0.15) is 18.4 Å². The third kappa shape index (κ3) is 2.31. The molecule has 1 rings (SSSR count). The van der Waals surface area contributed by atoms with E-state index in [1.54, 1.807) is 25.1 Å². The first-order chi connectivity index (χ1) is 6.46. The molecule has 5 heteroatoms. The molecule has 0 heterocycles. The molecule has 3 N–H and O–H groups in total. The van der Waals surface area contributed by atoms with Crippen molar-refractivity contribution >= 4 is 10.0 Å². The predicted molar refractivity (Wildman–Crippen MR) is 53.3 cm³/mol. The van der Waals surface area contributed by atoms with Crippen LogP contribution in [0.4, 0.5) is 0 Å². The molecular formula is C9H13NO3S. The molecule has 1 atom stereocenters. The molecule has 0 amide bonds. The normalized spacial score (nSPS) is 13.9. The molecule has 0 fully saturated rings. The lowest BCUT2D eigenvalue weighted by Gasteiger charge is -2.12. The van der Waals surface area contributed by atoms with Crippen molar-refractivity contribution in [3.8, 4) is 0 Å². The van der Waals surface area contributed by atoms with Crippen molar-refractivity contribution < 1.29 is 13.5 Å². The highest BCUT2D eigenvalue weighted by Gasteiger charge is 2.16. The third-order valence-corrected chi connectivity index (χ3v) is 3.02. The molecule has 0 saturated heterocycles. The Bertz CT molecular complexity index is 414. The van der Waals surface area contributed by atoms with Crippen molar-refractivity contribution in [3.63, 3.8) is 0 Å². The van der Waals surface area contributed by atoms with Crippen LogP contribution in [-0.2, 0) is 10.0 Å². The third-order valence-electron chi connectivity index (χ3n) is 2.03. The average Bonchev–Trinajstić information content (AvgIpc) is 2.15. The van der Waals surface area contributed by atoms with E-state index in [4.69, 9.17) is 10.2 Å². The van der Waals surface area contributed by atoms with Gasteiger partial charge in [0.05, 0.1) is 4.90 Å². The van der Waals surface area contributed by atoms with Crippen molar-refractivity contribution in [1.29, 1.82) is 0 Å². The maximum atomic E-state index is 11.2. The van der Waals surface area contributed by atoms with E-state index in [0.29, 0.717) is 5.56 Å². The van der Waals surface area contributed by atoms with E-state index in [2.05, 4.69) is 0 Å². The van der Waals surface area contributed by atoms with Gasteiger partial charge in [-0.2, -0.15) is 0 Å². The quantitative estimate of drug-likeness (QED) is 0.767. The molecule has 1 aromatic carbocycles.